The number of hydrogen-bond donors (Lipinski definition) is 1. The number of ether oxygens (including phenoxy) is 1. The summed E-state index contributed by atoms with van der Waals surface area (Å²) in [5, 5.41) is 9.74. The predicted octanol–water partition coefficient (Wildman–Crippen LogP) is 1.32. The molecular weight excluding hydrogens is 140 g/mol. The molecule has 0 amide bonds. The molecule has 0 aromatic carbocycles. The molecule has 2 saturated heterocycles. The molecule has 2 aliphatic rings. The van der Waals surface area contributed by atoms with Gasteiger partial charge in [0.2, 0.25) is 0 Å². The minimum atomic E-state index is -0.159. The van der Waals surface area contributed by atoms with Crippen molar-refractivity contribution in [3.8, 4) is 0 Å². The first-order chi connectivity index (χ1) is 5.10. The summed E-state index contributed by atoms with van der Waals surface area (Å²) in [6, 6.07) is 0. The van der Waals surface area contributed by atoms with Crippen LogP contribution in [0.25, 0.3) is 0 Å². The zero-order chi connectivity index (χ0) is 8.06. The fourth-order valence-electron chi connectivity index (χ4n) is 2.19. The fraction of sp³-hybridized carbons (Fsp3) is 1.00. The van der Waals surface area contributed by atoms with E-state index in [9.17, 15) is 5.11 Å². The molecule has 1 N–H and O–H groups in total. The molecule has 2 rings (SSSR count). The third kappa shape index (κ3) is 1.00. The van der Waals surface area contributed by atoms with Crippen LogP contribution in [-0.4, -0.2) is 23.4 Å². The quantitative estimate of drug-likeness (QED) is 0.573. The van der Waals surface area contributed by atoms with Crippen LogP contribution in [0.4, 0.5) is 0 Å². The number of rotatable bonds is 0. The summed E-state index contributed by atoms with van der Waals surface area (Å²) in [6.07, 6.45) is 3.61. The van der Waals surface area contributed by atoms with Crippen LogP contribution in [0.3, 0.4) is 0 Å². The largest absolute Gasteiger partial charge is 0.392 e. The van der Waals surface area contributed by atoms with Crippen LogP contribution in [0, 0.1) is 5.41 Å². The minimum absolute atomic E-state index is 0.0208. The van der Waals surface area contributed by atoms with Gasteiger partial charge in [-0.15, -0.1) is 0 Å². The van der Waals surface area contributed by atoms with Crippen molar-refractivity contribution in [2.75, 3.05) is 0 Å². The van der Waals surface area contributed by atoms with Crippen molar-refractivity contribution in [2.24, 2.45) is 5.41 Å². The van der Waals surface area contributed by atoms with Crippen LogP contribution in [0.15, 0.2) is 0 Å². The smallest absolute Gasteiger partial charge is 0.0655 e. The number of aliphatic hydroxyl groups excluding tert-OH is 1. The fourth-order valence-corrected chi connectivity index (χ4v) is 2.19. The summed E-state index contributed by atoms with van der Waals surface area (Å²) in [7, 11) is 0. The molecule has 3 atom stereocenters. The predicted molar refractivity (Wildman–Crippen MR) is 42.3 cm³/mol. The van der Waals surface area contributed by atoms with Crippen molar-refractivity contribution in [1.82, 2.24) is 0 Å². The van der Waals surface area contributed by atoms with E-state index >= 15 is 0 Å². The molecule has 2 fully saturated rings. The first-order valence-corrected chi connectivity index (χ1v) is 4.44. The van der Waals surface area contributed by atoms with Crippen LogP contribution in [0.5, 0.6) is 0 Å². The molecule has 0 radical (unpaired) electrons. The van der Waals surface area contributed by atoms with Crippen molar-refractivity contribution in [3.63, 3.8) is 0 Å². The van der Waals surface area contributed by atoms with Gasteiger partial charge in [-0.1, -0.05) is 13.8 Å². The summed E-state index contributed by atoms with van der Waals surface area (Å²) in [4.78, 5) is 0. The molecule has 2 nitrogen and oxygen atoms in total. The van der Waals surface area contributed by atoms with E-state index in [0.717, 1.165) is 19.3 Å². The van der Waals surface area contributed by atoms with Crippen LogP contribution in [0.1, 0.15) is 33.1 Å². The Hall–Kier alpha value is -0.0800. The van der Waals surface area contributed by atoms with Crippen LogP contribution in [0.2, 0.25) is 0 Å². The third-order valence-electron chi connectivity index (χ3n) is 3.28. The van der Waals surface area contributed by atoms with Crippen molar-refractivity contribution >= 4 is 0 Å². The van der Waals surface area contributed by atoms with Gasteiger partial charge in [0.15, 0.2) is 0 Å². The molecule has 0 saturated carbocycles. The molecule has 2 aliphatic heterocycles. The Morgan fingerprint density at radius 3 is 2.82 bits per heavy atom. The highest BCUT2D eigenvalue weighted by Crippen LogP contribution is 2.44. The highest BCUT2D eigenvalue weighted by Gasteiger charge is 2.47. The molecule has 0 unspecified atom stereocenters. The molecule has 11 heavy (non-hydrogen) atoms. The first-order valence-electron chi connectivity index (χ1n) is 4.44. The Labute approximate surface area is 67.6 Å². The zero-order valence-corrected chi connectivity index (χ0v) is 7.21. The van der Waals surface area contributed by atoms with E-state index in [1.807, 2.05) is 0 Å². The van der Waals surface area contributed by atoms with Gasteiger partial charge in [0.25, 0.3) is 0 Å². The van der Waals surface area contributed by atoms with Crippen molar-refractivity contribution in [1.29, 1.82) is 0 Å². The molecule has 0 aromatic heterocycles. The van der Waals surface area contributed by atoms with E-state index in [1.165, 1.54) is 0 Å². The first kappa shape index (κ1) is 7.56. The maximum Gasteiger partial charge on any atom is 0.0655 e. The molecule has 0 aromatic rings. The molecule has 2 heterocycles. The lowest BCUT2D eigenvalue weighted by Crippen LogP contribution is -2.45. The lowest BCUT2D eigenvalue weighted by atomic mass is 9.78. The zero-order valence-electron chi connectivity index (χ0n) is 7.21. The van der Waals surface area contributed by atoms with Crippen LogP contribution < -0.4 is 0 Å². The molecule has 0 spiro atoms. The molecule has 2 heteroatoms. The second-order valence-corrected chi connectivity index (χ2v) is 4.40. The van der Waals surface area contributed by atoms with Gasteiger partial charge in [-0.25, -0.2) is 0 Å². The standard InChI is InChI=1S/C9H16O2/c1-9(2)7(10)5-6-3-4-8(9)11-6/h6-8,10H,3-5H2,1-2H3/t6-,7-,8+/m0/s1. The van der Waals surface area contributed by atoms with E-state index < -0.39 is 0 Å². The summed E-state index contributed by atoms with van der Waals surface area (Å²) < 4.78 is 5.72. The van der Waals surface area contributed by atoms with Crippen molar-refractivity contribution < 1.29 is 9.84 Å². The SMILES string of the molecule is CC1(C)[C@@H](O)C[C@@H]2CC[C@H]1O2. The molecule has 64 valence electrons. The summed E-state index contributed by atoms with van der Waals surface area (Å²) in [6.45, 7) is 4.20. The maximum absolute atomic E-state index is 9.74. The lowest BCUT2D eigenvalue weighted by molar-refractivity contribution is -0.138. The summed E-state index contributed by atoms with van der Waals surface area (Å²) >= 11 is 0. The topological polar surface area (TPSA) is 29.5 Å². The second-order valence-electron chi connectivity index (χ2n) is 4.40. The number of aliphatic hydroxyl groups is 1. The van der Waals surface area contributed by atoms with Gasteiger partial charge in [-0.2, -0.15) is 0 Å². The van der Waals surface area contributed by atoms with Gasteiger partial charge in [0.05, 0.1) is 18.3 Å². The van der Waals surface area contributed by atoms with Gasteiger partial charge < -0.3 is 9.84 Å². The number of hydrogen-bond acceptors (Lipinski definition) is 2. The van der Waals surface area contributed by atoms with Gasteiger partial charge in [-0.05, 0) is 12.8 Å². The average Bonchev–Trinajstić information content (AvgIpc) is 2.31. The summed E-state index contributed by atoms with van der Waals surface area (Å²) in [5.41, 5.74) is -0.0208. The van der Waals surface area contributed by atoms with Crippen molar-refractivity contribution in [2.45, 2.75) is 51.4 Å². The average molecular weight is 156 g/mol. The summed E-state index contributed by atoms with van der Waals surface area (Å²) in [5.74, 6) is 0. The van der Waals surface area contributed by atoms with Crippen LogP contribution in [-0.2, 0) is 4.74 Å². The van der Waals surface area contributed by atoms with Gasteiger partial charge in [-0.3, -0.25) is 0 Å². The van der Waals surface area contributed by atoms with E-state index in [4.69, 9.17) is 4.74 Å². The molecule has 2 bridgehead atoms. The lowest BCUT2D eigenvalue weighted by Gasteiger charge is -2.40. The molecule has 0 aliphatic carbocycles. The Kier molecular flexibility index (Phi) is 1.52. The van der Waals surface area contributed by atoms with E-state index in [0.29, 0.717) is 12.2 Å². The second kappa shape index (κ2) is 2.20. The Morgan fingerprint density at radius 2 is 2.09 bits per heavy atom. The minimum Gasteiger partial charge on any atom is -0.392 e. The number of fused-ring (bicyclic) bond motifs is 2. The maximum atomic E-state index is 9.74. The van der Waals surface area contributed by atoms with Gasteiger partial charge >= 0.3 is 0 Å². The molecular formula is C9H16O2. The third-order valence-corrected chi connectivity index (χ3v) is 3.28. The van der Waals surface area contributed by atoms with E-state index in [1.54, 1.807) is 0 Å². The Morgan fingerprint density at radius 1 is 1.36 bits per heavy atom. The van der Waals surface area contributed by atoms with E-state index in [-0.39, 0.29) is 11.5 Å². The van der Waals surface area contributed by atoms with Gasteiger partial charge in [0, 0.05) is 11.8 Å². The highest BCUT2D eigenvalue weighted by molar-refractivity contribution is 4.96. The highest BCUT2D eigenvalue weighted by atomic mass is 16.5. The van der Waals surface area contributed by atoms with Gasteiger partial charge in [0.1, 0.15) is 0 Å². The van der Waals surface area contributed by atoms with Crippen LogP contribution >= 0.6 is 0 Å². The van der Waals surface area contributed by atoms with Crippen molar-refractivity contribution in [3.05, 3.63) is 0 Å². The van der Waals surface area contributed by atoms with E-state index in [2.05, 4.69) is 13.8 Å². The monoisotopic (exact) mass is 156 g/mol. The Balaban J connectivity index is 2.20. The normalized spacial score (nSPS) is 47.7. The Bertz CT molecular complexity index is 165.